The van der Waals surface area contributed by atoms with Crippen LogP contribution in [0.3, 0.4) is 0 Å². The normalized spacial score (nSPS) is 10.7. The van der Waals surface area contributed by atoms with E-state index in [1.165, 1.54) is 11.1 Å². The molecule has 0 radical (unpaired) electrons. The van der Waals surface area contributed by atoms with Gasteiger partial charge in [0.15, 0.2) is 17.5 Å². The lowest BCUT2D eigenvalue weighted by molar-refractivity contribution is 0.322. The summed E-state index contributed by atoms with van der Waals surface area (Å²) in [6.07, 6.45) is 0. The maximum absolute atomic E-state index is 5.90. The van der Waals surface area contributed by atoms with Crippen molar-refractivity contribution in [2.75, 3.05) is 27.4 Å². The second-order valence-corrected chi connectivity index (χ2v) is 5.99. The van der Waals surface area contributed by atoms with Crippen LogP contribution in [0.25, 0.3) is 0 Å². The van der Waals surface area contributed by atoms with Crippen LogP contribution in [-0.4, -0.2) is 33.3 Å². The van der Waals surface area contributed by atoms with Crippen LogP contribution in [0.5, 0.6) is 17.2 Å². The van der Waals surface area contributed by atoms with Gasteiger partial charge < -0.3 is 25.3 Å². The molecule has 148 valence electrons. The molecule has 0 atom stereocenters. The lowest BCUT2D eigenvalue weighted by atomic mass is 10.1. The van der Waals surface area contributed by atoms with Gasteiger partial charge >= 0.3 is 0 Å². The summed E-state index contributed by atoms with van der Waals surface area (Å²) in [5.41, 5.74) is 9.26. The summed E-state index contributed by atoms with van der Waals surface area (Å²) >= 11 is 0. The Labute approximate surface area is 178 Å². The molecule has 0 aliphatic rings. The van der Waals surface area contributed by atoms with Crippen molar-refractivity contribution >= 4 is 29.9 Å². The molecule has 0 bridgehead atoms. The Kier molecular flexibility index (Phi) is 9.77. The molecule has 0 fully saturated rings. The molecular formula is C20H28IN3O3. The fourth-order valence-corrected chi connectivity index (χ4v) is 2.58. The van der Waals surface area contributed by atoms with Crippen LogP contribution < -0.4 is 25.3 Å². The molecule has 2 rings (SSSR count). The first-order valence-electron chi connectivity index (χ1n) is 8.47. The standard InChI is InChI=1S/C20H27N3O3.HI/c1-14-9-15(2)11-17(10-14)26-8-7-22-20(21)23-13-16-5-6-18(24-3)19(12-16)25-4;/h5-6,9-12H,7-8,13H2,1-4H3,(H3,21,22,23);1H. The monoisotopic (exact) mass is 485 g/mol. The molecular weight excluding hydrogens is 457 g/mol. The number of ether oxygens (including phenoxy) is 3. The van der Waals surface area contributed by atoms with Crippen molar-refractivity contribution < 1.29 is 14.2 Å². The largest absolute Gasteiger partial charge is 0.493 e. The van der Waals surface area contributed by atoms with Crippen molar-refractivity contribution in [3.63, 3.8) is 0 Å². The van der Waals surface area contributed by atoms with Gasteiger partial charge in [-0.2, -0.15) is 0 Å². The van der Waals surface area contributed by atoms with E-state index < -0.39 is 0 Å². The molecule has 6 nitrogen and oxygen atoms in total. The number of guanidine groups is 1. The number of halogens is 1. The molecule has 0 saturated heterocycles. The van der Waals surface area contributed by atoms with Gasteiger partial charge in [-0.25, -0.2) is 4.99 Å². The van der Waals surface area contributed by atoms with E-state index >= 15 is 0 Å². The van der Waals surface area contributed by atoms with Gasteiger partial charge in [0.05, 0.1) is 27.3 Å². The molecule has 2 aromatic rings. The third-order valence-corrected chi connectivity index (χ3v) is 3.75. The number of benzene rings is 2. The van der Waals surface area contributed by atoms with E-state index in [1.807, 2.05) is 30.3 Å². The molecule has 0 unspecified atom stereocenters. The molecule has 27 heavy (non-hydrogen) atoms. The second kappa shape index (κ2) is 11.5. The highest BCUT2D eigenvalue weighted by atomic mass is 127. The van der Waals surface area contributed by atoms with E-state index in [-0.39, 0.29) is 24.0 Å². The van der Waals surface area contributed by atoms with Crippen LogP contribution >= 0.6 is 24.0 Å². The number of aryl methyl sites for hydroxylation is 2. The van der Waals surface area contributed by atoms with E-state index in [0.29, 0.717) is 37.2 Å². The molecule has 0 aliphatic heterocycles. The molecule has 0 aromatic heterocycles. The first-order valence-corrected chi connectivity index (χ1v) is 8.47. The molecule has 2 aromatic carbocycles. The lowest BCUT2D eigenvalue weighted by Crippen LogP contribution is -2.34. The van der Waals surface area contributed by atoms with Crippen molar-refractivity contribution in [1.29, 1.82) is 0 Å². The van der Waals surface area contributed by atoms with Crippen molar-refractivity contribution in [1.82, 2.24) is 5.32 Å². The van der Waals surface area contributed by atoms with E-state index in [0.717, 1.165) is 11.3 Å². The Morgan fingerprint density at radius 2 is 1.67 bits per heavy atom. The highest BCUT2D eigenvalue weighted by Gasteiger charge is 2.04. The molecule has 3 N–H and O–H groups in total. The van der Waals surface area contributed by atoms with Crippen LogP contribution in [0.4, 0.5) is 0 Å². The fraction of sp³-hybridized carbons (Fsp3) is 0.350. The zero-order chi connectivity index (χ0) is 18.9. The first kappa shape index (κ1) is 22.9. The highest BCUT2D eigenvalue weighted by Crippen LogP contribution is 2.27. The third-order valence-electron chi connectivity index (χ3n) is 3.75. The van der Waals surface area contributed by atoms with Crippen LogP contribution in [0.1, 0.15) is 16.7 Å². The second-order valence-electron chi connectivity index (χ2n) is 5.99. The van der Waals surface area contributed by atoms with Crippen LogP contribution in [-0.2, 0) is 6.54 Å². The predicted molar refractivity (Wildman–Crippen MR) is 120 cm³/mol. The van der Waals surface area contributed by atoms with Crippen LogP contribution in [0.2, 0.25) is 0 Å². The zero-order valence-electron chi connectivity index (χ0n) is 16.2. The quantitative estimate of drug-likeness (QED) is 0.259. The Morgan fingerprint density at radius 3 is 2.30 bits per heavy atom. The van der Waals surface area contributed by atoms with E-state index in [2.05, 4.69) is 30.2 Å². The Balaban J connectivity index is 0.00000364. The number of hydrogen-bond donors (Lipinski definition) is 2. The Hall–Kier alpha value is -2.16. The molecule has 0 spiro atoms. The van der Waals surface area contributed by atoms with Gasteiger partial charge in [0, 0.05) is 0 Å². The Bertz CT molecular complexity index is 746. The molecule has 0 aliphatic carbocycles. The molecule has 0 saturated carbocycles. The van der Waals surface area contributed by atoms with Gasteiger partial charge in [-0.05, 0) is 54.8 Å². The van der Waals surface area contributed by atoms with Gasteiger partial charge in [0.25, 0.3) is 0 Å². The third kappa shape index (κ3) is 7.54. The van der Waals surface area contributed by atoms with E-state index in [1.54, 1.807) is 14.2 Å². The smallest absolute Gasteiger partial charge is 0.189 e. The van der Waals surface area contributed by atoms with Gasteiger partial charge in [0.2, 0.25) is 0 Å². The number of rotatable bonds is 8. The van der Waals surface area contributed by atoms with Crippen molar-refractivity contribution in [3.05, 3.63) is 53.1 Å². The minimum atomic E-state index is 0. The number of hydrogen-bond acceptors (Lipinski definition) is 4. The average molecular weight is 485 g/mol. The van der Waals surface area contributed by atoms with Gasteiger partial charge in [-0.1, -0.05) is 12.1 Å². The van der Waals surface area contributed by atoms with Crippen molar-refractivity contribution in [2.45, 2.75) is 20.4 Å². The van der Waals surface area contributed by atoms with Gasteiger partial charge in [-0.3, -0.25) is 0 Å². The maximum Gasteiger partial charge on any atom is 0.189 e. The molecule has 0 heterocycles. The average Bonchev–Trinajstić information content (AvgIpc) is 2.62. The number of nitrogens with two attached hydrogens (primary N) is 1. The number of nitrogens with one attached hydrogen (secondary N) is 1. The molecule has 0 amide bonds. The maximum atomic E-state index is 5.90. The minimum Gasteiger partial charge on any atom is -0.493 e. The summed E-state index contributed by atoms with van der Waals surface area (Å²) in [4.78, 5) is 4.33. The van der Waals surface area contributed by atoms with Crippen molar-refractivity contribution in [2.24, 2.45) is 10.7 Å². The fourth-order valence-electron chi connectivity index (χ4n) is 2.58. The van der Waals surface area contributed by atoms with Crippen LogP contribution in [0.15, 0.2) is 41.4 Å². The summed E-state index contributed by atoms with van der Waals surface area (Å²) in [6, 6.07) is 11.8. The highest BCUT2D eigenvalue weighted by molar-refractivity contribution is 14.0. The SMILES string of the molecule is COc1ccc(CN=C(N)NCCOc2cc(C)cc(C)c2)cc1OC.I. The van der Waals surface area contributed by atoms with E-state index in [4.69, 9.17) is 19.9 Å². The van der Waals surface area contributed by atoms with Crippen LogP contribution in [0, 0.1) is 13.8 Å². The lowest BCUT2D eigenvalue weighted by Gasteiger charge is -2.10. The van der Waals surface area contributed by atoms with Gasteiger partial charge in [0.1, 0.15) is 12.4 Å². The zero-order valence-corrected chi connectivity index (χ0v) is 18.6. The van der Waals surface area contributed by atoms with Crippen molar-refractivity contribution in [3.8, 4) is 17.2 Å². The topological polar surface area (TPSA) is 78.1 Å². The summed E-state index contributed by atoms with van der Waals surface area (Å²) in [7, 11) is 3.22. The number of aliphatic imine (C=N–C) groups is 1. The Morgan fingerprint density at radius 1 is 1.00 bits per heavy atom. The summed E-state index contributed by atoms with van der Waals surface area (Å²) in [6.45, 7) is 5.65. The minimum absolute atomic E-state index is 0. The summed E-state index contributed by atoms with van der Waals surface area (Å²) < 4.78 is 16.2. The number of methoxy groups -OCH3 is 2. The van der Waals surface area contributed by atoms with Gasteiger partial charge in [-0.15, -0.1) is 24.0 Å². The number of nitrogens with zero attached hydrogens (tertiary/aromatic N) is 1. The summed E-state index contributed by atoms with van der Waals surface area (Å²) in [5, 5.41) is 3.05. The summed E-state index contributed by atoms with van der Waals surface area (Å²) in [5.74, 6) is 2.61. The molecule has 7 heteroatoms. The first-order chi connectivity index (χ1) is 12.5. The predicted octanol–water partition coefficient (Wildman–Crippen LogP) is 3.42. The van der Waals surface area contributed by atoms with E-state index in [9.17, 15) is 0 Å².